The van der Waals surface area contributed by atoms with Gasteiger partial charge in [0.2, 0.25) is 10.0 Å². The lowest BCUT2D eigenvalue weighted by molar-refractivity contribution is 0.415. The van der Waals surface area contributed by atoms with Crippen molar-refractivity contribution in [1.29, 1.82) is 5.26 Å². The first kappa shape index (κ1) is 18.1. The molecular formula is C19H21N3O3S. The zero-order valence-corrected chi connectivity index (χ0v) is 15.7. The monoisotopic (exact) mass is 371 g/mol. The summed E-state index contributed by atoms with van der Waals surface area (Å²) in [5, 5.41) is 9.73. The fraction of sp³-hybridized carbons (Fsp3) is 0.316. The molecule has 0 aliphatic carbocycles. The van der Waals surface area contributed by atoms with Crippen LogP contribution in [0.2, 0.25) is 0 Å². The Morgan fingerprint density at radius 1 is 1.23 bits per heavy atom. The molecule has 7 heteroatoms. The molecule has 136 valence electrons. The lowest BCUT2D eigenvalue weighted by Crippen LogP contribution is -2.22. The number of fused-ring (bicyclic) bond motifs is 1. The molecule has 1 N–H and O–H groups in total. The second-order valence-corrected chi connectivity index (χ2v) is 8.23. The van der Waals surface area contributed by atoms with Crippen LogP contribution in [-0.4, -0.2) is 28.3 Å². The van der Waals surface area contributed by atoms with Crippen LogP contribution < -0.4 is 14.4 Å². The normalized spacial score (nSPS) is 18.9. The maximum atomic E-state index is 11.7. The quantitative estimate of drug-likeness (QED) is 0.872. The Morgan fingerprint density at radius 2 is 1.92 bits per heavy atom. The highest BCUT2D eigenvalue weighted by Gasteiger charge is 2.38. The van der Waals surface area contributed by atoms with Crippen LogP contribution in [0.4, 0.5) is 11.4 Å². The van der Waals surface area contributed by atoms with Crippen molar-refractivity contribution in [3.8, 4) is 11.8 Å². The number of hydrogen-bond donors (Lipinski definition) is 1. The number of benzene rings is 2. The molecular weight excluding hydrogens is 350 g/mol. The molecule has 2 aromatic rings. The van der Waals surface area contributed by atoms with Gasteiger partial charge in [0, 0.05) is 24.5 Å². The van der Waals surface area contributed by atoms with Crippen molar-refractivity contribution in [2.45, 2.75) is 18.9 Å². The number of anilines is 2. The fourth-order valence-electron chi connectivity index (χ4n) is 3.32. The predicted molar refractivity (Wildman–Crippen MR) is 102 cm³/mol. The molecule has 2 atom stereocenters. The predicted octanol–water partition coefficient (Wildman–Crippen LogP) is 3.26. The largest absolute Gasteiger partial charge is 0.497 e. The number of nitriles is 1. The minimum Gasteiger partial charge on any atom is -0.497 e. The summed E-state index contributed by atoms with van der Waals surface area (Å²) < 4.78 is 31.2. The van der Waals surface area contributed by atoms with Gasteiger partial charge in [-0.05, 0) is 36.2 Å². The number of nitrogens with zero attached hydrogens (tertiary/aromatic N) is 2. The van der Waals surface area contributed by atoms with Crippen molar-refractivity contribution in [3.05, 3.63) is 53.6 Å². The van der Waals surface area contributed by atoms with Crippen LogP contribution in [0.3, 0.4) is 0 Å². The third-order valence-corrected chi connectivity index (χ3v) is 6.04. The van der Waals surface area contributed by atoms with Crippen LogP contribution in [0.5, 0.6) is 5.75 Å². The lowest BCUT2D eigenvalue weighted by Gasteiger charge is -2.25. The second-order valence-electron chi connectivity index (χ2n) is 6.21. The first-order valence-electron chi connectivity index (χ1n) is 8.31. The Kier molecular flexibility index (Phi) is 4.79. The first-order chi connectivity index (χ1) is 12.4. The number of hydrogen-bond acceptors (Lipinski definition) is 5. The maximum Gasteiger partial charge on any atom is 0.232 e. The van der Waals surface area contributed by atoms with Crippen molar-refractivity contribution >= 4 is 21.4 Å². The number of sulfonamides is 1. The van der Waals surface area contributed by atoms with E-state index < -0.39 is 10.0 Å². The summed E-state index contributed by atoms with van der Waals surface area (Å²) >= 11 is 0. The Morgan fingerprint density at radius 3 is 2.50 bits per heavy atom. The van der Waals surface area contributed by atoms with Crippen molar-refractivity contribution in [2.24, 2.45) is 0 Å². The molecule has 0 radical (unpaired) electrons. The second kappa shape index (κ2) is 6.89. The van der Waals surface area contributed by atoms with Gasteiger partial charge >= 0.3 is 0 Å². The van der Waals surface area contributed by atoms with E-state index in [4.69, 9.17) is 4.74 Å². The average molecular weight is 371 g/mol. The fourth-order valence-corrected chi connectivity index (χ4v) is 3.96. The Hall–Kier alpha value is -2.72. The lowest BCUT2D eigenvalue weighted by atomic mass is 9.91. The van der Waals surface area contributed by atoms with Crippen LogP contribution >= 0.6 is 0 Å². The molecule has 0 spiro atoms. The van der Waals surface area contributed by atoms with E-state index in [0.717, 1.165) is 22.6 Å². The summed E-state index contributed by atoms with van der Waals surface area (Å²) in [7, 11) is 0.261. The van der Waals surface area contributed by atoms with Gasteiger partial charge in [-0.3, -0.25) is 4.72 Å². The van der Waals surface area contributed by atoms with E-state index in [1.165, 1.54) is 0 Å². The summed E-state index contributed by atoms with van der Waals surface area (Å²) in [6, 6.07) is 15.2. The minimum absolute atomic E-state index is 0.0216. The highest BCUT2D eigenvalue weighted by molar-refractivity contribution is 7.92. The molecule has 1 aliphatic heterocycles. The smallest absolute Gasteiger partial charge is 0.232 e. The molecule has 0 bridgehead atoms. The van der Waals surface area contributed by atoms with E-state index in [1.807, 2.05) is 37.4 Å². The van der Waals surface area contributed by atoms with Crippen molar-refractivity contribution in [1.82, 2.24) is 0 Å². The molecule has 2 aromatic carbocycles. The van der Waals surface area contributed by atoms with Crippen LogP contribution in [0.1, 0.15) is 30.0 Å². The van der Waals surface area contributed by atoms with Gasteiger partial charge in [0.15, 0.2) is 0 Å². The molecule has 1 heterocycles. The minimum atomic E-state index is -3.31. The zero-order valence-electron chi connectivity index (χ0n) is 14.9. The SMILES string of the molecule is CCS(=O)(=O)Nc1ccc(C2C(C#N)c3ccc(OC)cc3N2C)cc1. The number of likely N-dealkylation sites (N-methyl/N-ethyl adjacent to an activating group) is 1. The molecule has 0 aromatic heterocycles. The Balaban J connectivity index is 1.93. The standard InChI is InChI=1S/C19H21N3O3S/c1-4-26(23,24)21-14-7-5-13(6-8-14)19-17(12-20)16-10-9-15(25-3)11-18(16)22(19)2/h5-11,17,19,21H,4H2,1-3H3. The number of rotatable bonds is 5. The summed E-state index contributed by atoms with van der Waals surface area (Å²) in [5.74, 6) is 0.463. The number of nitrogens with one attached hydrogen (secondary N) is 1. The molecule has 0 saturated heterocycles. The van der Waals surface area contributed by atoms with Crippen LogP contribution in [0, 0.1) is 11.3 Å². The first-order valence-corrected chi connectivity index (χ1v) is 9.96. The molecule has 1 aliphatic rings. The van der Waals surface area contributed by atoms with Gasteiger partial charge < -0.3 is 9.64 Å². The third-order valence-electron chi connectivity index (χ3n) is 4.73. The summed E-state index contributed by atoms with van der Waals surface area (Å²) in [6.07, 6.45) is 0. The highest BCUT2D eigenvalue weighted by Crippen LogP contribution is 2.48. The van der Waals surface area contributed by atoms with E-state index in [-0.39, 0.29) is 17.7 Å². The van der Waals surface area contributed by atoms with Gasteiger partial charge in [-0.2, -0.15) is 5.26 Å². The molecule has 0 amide bonds. The Bertz CT molecular complexity index is 949. The summed E-state index contributed by atoms with van der Waals surface area (Å²) in [5.41, 5.74) is 3.41. The molecule has 6 nitrogen and oxygen atoms in total. The van der Waals surface area contributed by atoms with Crippen LogP contribution in [0.15, 0.2) is 42.5 Å². The summed E-state index contributed by atoms with van der Waals surface area (Å²) in [6.45, 7) is 1.59. The highest BCUT2D eigenvalue weighted by atomic mass is 32.2. The van der Waals surface area contributed by atoms with Crippen LogP contribution in [-0.2, 0) is 10.0 Å². The van der Waals surface area contributed by atoms with E-state index in [9.17, 15) is 13.7 Å². The van der Waals surface area contributed by atoms with Gasteiger partial charge in [-0.15, -0.1) is 0 Å². The Labute approximate surface area is 154 Å². The molecule has 3 rings (SSSR count). The third kappa shape index (κ3) is 3.20. The number of ether oxygens (including phenoxy) is 1. The van der Waals surface area contributed by atoms with Gasteiger partial charge in [-0.1, -0.05) is 18.2 Å². The van der Waals surface area contributed by atoms with Gasteiger partial charge in [0.25, 0.3) is 0 Å². The summed E-state index contributed by atoms with van der Waals surface area (Å²) in [4.78, 5) is 2.07. The molecule has 26 heavy (non-hydrogen) atoms. The van der Waals surface area contributed by atoms with Gasteiger partial charge in [-0.25, -0.2) is 8.42 Å². The van der Waals surface area contributed by atoms with Crippen molar-refractivity contribution < 1.29 is 13.2 Å². The zero-order chi connectivity index (χ0) is 18.9. The van der Waals surface area contributed by atoms with Crippen LogP contribution in [0.25, 0.3) is 0 Å². The molecule has 0 fully saturated rings. The van der Waals surface area contributed by atoms with E-state index >= 15 is 0 Å². The molecule has 0 saturated carbocycles. The van der Waals surface area contributed by atoms with Crippen molar-refractivity contribution in [2.75, 3.05) is 29.5 Å². The average Bonchev–Trinajstić information content (AvgIpc) is 2.93. The van der Waals surface area contributed by atoms with E-state index in [0.29, 0.717) is 5.69 Å². The van der Waals surface area contributed by atoms with Gasteiger partial charge in [0.1, 0.15) is 5.75 Å². The topological polar surface area (TPSA) is 82.4 Å². The number of methoxy groups -OCH3 is 1. The maximum absolute atomic E-state index is 11.7. The molecule has 2 unspecified atom stereocenters. The van der Waals surface area contributed by atoms with E-state index in [2.05, 4.69) is 15.7 Å². The van der Waals surface area contributed by atoms with Gasteiger partial charge in [0.05, 0.1) is 30.9 Å². The van der Waals surface area contributed by atoms with Crippen molar-refractivity contribution in [3.63, 3.8) is 0 Å². The van der Waals surface area contributed by atoms with E-state index in [1.54, 1.807) is 26.2 Å².